The van der Waals surface area contributed by atoms with Gasteiger partial charge in [-0.25, -0.2) is 0 Å². The van der Waals surface area contributed by atoms with Gasteiger partial charge in [0.1, 0.15) is 5.75 Å². The van der Waals surface area contributed by atoms with E-state index in [1.54, 1.807) is 6.92 Å². The zero-order valence-electron chi connectivity index (χ0n) is 15.5. The Bertz CT molecular complexity index is 798. The molecular weight excluding hydrogens is 332 g/mol. The van der Waals surface area contributed by atoms with E-state index in [1.165, 1.54) is 17.7 Å². The topological polar surface area (TPSA) is 81.5 Å². The summed E-state index contributed by atoms with van der Waals surface area (Å²) in [4.78, 5) is 22.8. The smallest absolute Gasteiger partial charge is 0.270 e. The summed E-state index contributed by atoms with van der Waals surface area (Å²) in [6, 6.07) is 10.6. The van der Waals surface area contributed by atoms with Crippen molar-refractivity contribution < 1.29 is 14.5 Å². The van der Waals surface area contributed by atoms with Crippen molar-refractivity contribution in [3.05, 3.63) is 63.2 Å². The first kappa shape index (κ1) is 19.4. The van der Waals surface area contributed by atoms with E-state index in [2.05, 4.69) is 19.2 Å². The van der Waals surface area contributed by atoms with Gasteiger partial charge < -0.3 is 10.1 Å². The van der Waals surface area contributed by atoms with Crippen molar-refractivity contribution in [1.82, 2.24) is 0 Å². The highest BCUT2D eigenvalue weighted by Crippen LogP contribution is 2.27. The van der Waals surface area contributed by atoms with Crippen molar-refractivity contribution in [3.63, 3.8) is 0 Å². The number of aryl methyl sites for hydroxylation is 2. The Morgan fingerprint density at radius 1 is 1.23 bits per heavy atom. The molecule has 0 heterocycles. The van der Waals surface area contributed by atoms with Crippen LogP contribution in [0.15, 0.2) is 36.4 Å². The van der Waals surface area contributed by atoms with Gasteiger partial charge in [0.25, 0.3) is 11.6 Å². The van der Waals surface area contributed by atoms with Crippen molar-refractivity contribution in [1.29, 1.82) is 0 Å². The molecular formula is C20H24N2O4. The third-order valence-electron chi connectivity index (χ3n) is 4.17. The quantitative estimate of drug-likeness (QED) is 0.580. The number of benzene rings is 2. The van der Waals surface area contributed by atoms with Crippen LogP contribution in [0, 0.1) is 17.0 Å². The van der Waals surface area contributed by atoms with Gasteiger partial charge in [-0.3, -0.25) is 14.9 Å². The second-order valence-electron chi connectivity index (χ2n) is 6.47. The molecule has 0 saturated carbocycles. The normalized spacial score (nSPS) is 10.7. The molecule has 0 saturated heterocycles. The molecule has 0 radical (unpaired) electrons. The fraction of sp³-hybridized carbons (Fsp3) is 0.350. The Morgan fingerprint density at radius 3 is 2.42 bits per heavy atom. The largest absolute Gasteiger partial charge is 0.484 e. The number of nitro benzene ring substituents is 1. The van der Waals surface area contributed by atoms with Crippen molar-refractivity contribution in [2.24, 2.45) is 0 Å². The molecule has 0 bridgehead atoms. The summed E-state index contributed by atoms with van der Waals surface area (Å²) in [6.07, 6.45) is 0.579. The van der Waals surface area contributed by atoms with Crippen LogP contribution in [0.25, 0.3) is 0 Å². The van der Waals surface area contributed by atoms with Crippen LogP contribution in [0.4, 0.5) is 11.4 Å². The van der Waals surface area contributed by atoms with Crippen LogP contribution in [-0.2, 0) is 11.2 Å². The van der Waals surface area contributed by atoms with E-state index in [0.29, 0.717) is 29.3 Å². The van der Waals surface area contributed by atoms with Crippen LogP contribution in [0.3, 0.4) is 0 Å². The van der Waals surface area contributed by atoms with Crippen molar-refractivity contribution in [2.75, 3.05) is 11.9 Å². The minimum absolute atomic E-state index is 0.0267. The summed E-state index contributed by atoms with van der Waals surface area (Å²) in [5.41, 5.74) is 3.23. The van der Waals surface area contributed by atoms with E-state index in [1.807, 2.05) is 31.2 Å². The average Bonchev–Trinajstić information content (AvgIpc) is 2.61. The highest BCUT2D eigenvalue weighted by Gasteiger charge is 2.15. The number of carbonyl (C=O) groups is 1. The van der Waals surface area contributed by atoms with Gasteiger partial charge in [-0.2, -0.15) is 0 Å². The number of hydrogen-bond donors (Lipinski definition) is 1. The second-order valence-corrected chi connectivity index (χ2v) is 6.47. The first-order valence-electron chi connectivity index (χ1n) is 8.62. The number of nitrogens with one attached hydrogen (secondary N) is 1. The van der Waals surface area contributed by atoms with Crippen LogP contribution in [0.1, 0.15) is 43.4 Å². The average molecular weight is 356 g/mol. The summed E-state index contributed by atoms with van der Waals surface area (Å²) < 4.78 is 5.53. The molecule has 1 N–H and O–H groups in total. The molecule has 0 fully saturated rings. The lowest BCUT2D eigenvalue weighted by Crippen LogP contribution is -2.21. The number of nitrogens with zero attached hydrogens (tertiary/aromatic N) is 1. The summed E-state index contributed by atoms with van der Waals surface area (Å²) in [7, 11) is 0. The maximum atomic E-state index is 12.2. The monoisotopic (exact) mass is 356 g/mol. The molecule has 0 aliphatic rings. The minimum atomic E-state index is -0.429. The molecule has 0 spiro atoms. The Kier molecular flexibility index (Phi) is 6.33. The third kappa shape index (κ3) is 4.81. The van der Waals surface area contributed by atoms with E-state index in [-0.39, 0.29) is 18.2 Å². The summed E-state index contributed by atoms with van der Waals surface area (Å²) >= 11 is 0. The van der Waals surface area contributed by atoms with Gasteiger partial charge in [-0.15, -0.1) is 0 Å². The molecule has 6 heteroatoms. The predicted molar refractivity (Wildman–Crippen MR) is 102 cm³/mol. The number of rotatable bonds is 7. The van der Waals surface area contributed by atoms with Crippen molar-refractivity contribution >= 4 is 17.3 Å². The molecule has 6 nitrogen and oxygen atoms in total. The number of carbonyl (C=O) groups excluding carboxylic acids is 1. The molecule has 26 heavy (non-hydrogen) atoms. The fourth-order valence-corrected chi connectivity index (χ4v) is 2.68. The number of anilines is 1. The molecule has 1 amide bonds. The molecule has 2 aromatic carbocycles. The Labute approximate surface area is 153 Å². The van der Waals surface area contributed by atoms with Gasteiger partial charge in [0.15, 0.2) is 6.61 Å². The number of hydrogen-bond acceptors (Lipinski definition) is 4. The van der Waals surface area contributed by atoms with E-state index < -0.39 is 4.92 Å². The fourth-order valence-electron chi connectivity index (χ4n) is 2.68. The Balaban J connectivity index is 2.04. The predicted octanol–water partition coefficient (Wildman–Crippen LogP) is 4.61. The highest BCUT2D eigenvalue weighted by atomic mass is 16.6. The lowest BCUT2D eigenvalue weighted by Gasteiger charge is -2.14. The van der Waals surface area contributed by atoms with Gasteiger partial charge in [-0.05, 0) is 48.1 Å². The molecule has 0 unspecified atom stereocenters. The first-order chi connectivity index (χ1) is 12.3. The Hall–Kier alpha value is -2.89. The Morgan fingerprint density at radius 2 is 1.88 bits per heavy atom. The van der Waals surface area contributed by atoms with Crippen molar-refractivity contribution in [2.45, 2.75) is 40.0 Å². The summed E-state index contributed by atoms with van der Waals surface area (Å²) in [5, 5.41) is 13.8. The van der Waals surface area contributed by atoms with Crippen LogP contribution >= 0.6 is 0 Å². The molecule has 2 rings (SSSR count). The lowest BCUT2D eigenvalue weighted by atomic mass is 10.0. The van der Waals surface area contributed by atoms with E-state index >= 15 is 0 Å². The molecule has 0 aliphatic heterocycles. The van der Waals surface area contributed by atoms with Gasteiger partial charge >= 0.3 is 0 Å². The van der Waals surface area contributed by atoms with Gasteiger partial charge in [0.2, 0.25) is 0 Å². The second kappa shape index (κ2) is 8.47. The summed E-state index contributed by atoms with van der Waals surface area (Å²) in [6.45, 7) is 7.73. The van der Waals surface area contributed by atoms with Crippen LogP contribution in [-0.4, -0.2) is 17.4 Å². The van der Waals surface area contributed by atoms with Crippen LogP contribution in [0.5, 0.6) is 5.75 Å². The van der Waals surface area contributed by atoms with Crippen LogP contribution < -0.4 is 10.1 Å². The number of ether oxygens (including phenoxy) is 1. The maximum absolute atomic E-state index is 12.2. The number of non-ortho nitro benzene ring substituents is 1. The third-order valence-corrected chi connectivity index (χ3v) is 4.17. The van der Waals surface area contributed by atoms with Crippen LogP contribution in [0.2, 0.25) is 0 Å². The lowest BCUT2D eigenvalue weighted by molar-refractivity contribution is -0.384. The highest BCUT2D eigenvalue weighted by molar-refractivity contribution is 5.93. The maximum Gasteiger partial charge on any atom is 0.270 e. The van der Waals surface area contributed by atoms with E-state index in [9.17, 15) is 14.9 Å². The first-order valence-corrected chi connectivity index (χ1v) is 8.62. The van der Waals surface area contributed by atoms with Gasteiger partial charge in [-0.1, -0.05) is 32.9 Å². The number of nitro groups is 1. The molecule has 0 aromatic heterocycles. The zero-order valence-corrected chi connectivity index (χ0v) is 15.5. The van der Waals surface area contributed by atoms with Gasteiger partial charge in [0.05, 0.1) is 4.92 Å². The van der Waals surface area contributed by atoms with E-state index in [0.717, 1.165) is 5.56 Å². The van der Waals surface area contributed by atoms with Crippen molar-refractivity contribution in [3.8, 4) is 5.75 Å². The van der Waals surface area contributed by atoms with Gasteiger partial charge in [0, 0.05) is 17.8 Å². The minimum Gasteiger partial charge on any atom is -0.484 e. The standard InChI is InChI=1S/C20H24N2O4/c1-5-15-11-17(22(24)25)10-14(4)20(15)21-19(23)12-26-18-8-6-16(7-9-18)13(2)3/h6-11,13H,5,12H2,1-4H3,(H,21,23). The SMILES string of the molecule is CCc1cc([N+](=O)[O-])cc(C)c1NC(=O)COc1ccc(C(C)C)cc1. The molecule has 138 valence electrons. The molecule has 0 atom stereocenters. The zero-order chi connectivity index (χ0) is 19.3. The number of amides is 1. The molecule has 2 aromatic rings. The van der Waals surface area contributed by atoms with E-state index in [4.69, 9.17) is 4.74 Å². The molecule has 0 aliphatic carbocycles. The summed E-state index contributed by atoms with van der Waals surface area (Å²) in [5.74, 6) is 0.759.